The van der Waals surface area contributed by atoms with E-state index >= 15 is 0 Å². The van der Waals surface area contributed by atoms with Gasteiger partial charge in [-0.3, -0.25) is 15.2 Å². The number of H-pyrrole nitrogens is 1. The Morgan fingerprint density at radius 1 is 1.50 bits per heavy atom. The molecule has 0 radical (unpaired) electrons. The highest BCUT2D eigenvalue weighted by Crippen LogP contribution is 2.27. The quantitative estimate of drug-likeness (QED) is 0.583. The van der Waals surface area contributed by atoms with Crippen molar-refractivity contribution in [3.8, 4) is 11.4 Å². The van der Waals surface area contributed by atoms with Crippen molar-refractivity contribution in [3.63, 3.8) is 0 Å². The largest absolute Gasteiger partial charge is 0.366 e. The number of nitrogens with zero attached hydrogens (tertiary/aromatic N) is 3. The van der Waals surface area contributed by atoms with Crippen molar-refractivity contribution in [2.24, 2.45) is 0 Å². The van der Waals surface area contributed by atoms with Crippen molar-refractivity contribution in [3.05, 3.63) is 33.9 Å². The minimum atomic E-state index is -0.432. The van der Waals surface area contributed by atoms with Gasteiger partial charge in [0.15, 0.2) is 5.82 Å². The summed E-state index contributed by atoms with van der Waals surface area (Å²) in [5.74, 6) is 0.541. The van der Waals surface area contributed by atoms with Crippen LogP contribution >= 0.6 is 0 Å². The molecular weight excluding hydrogens is 210 g/mol. The summed E-state index contributed by atoms with van der Waals surface area (Å²) in [6, 6.07) is 4.76. The van der Waals surface area contributed by atoms with Gasteiger partial charge in [-0.25, -0.2) is 0 Å². The molecular formula is C9H9N5O2. The average molecular weight is 219 g/mol. The van der Waals surface area contributed by atoms with Crippen LogP contribution in [0, 0.1) is 17.0 Å². The van der Waals surface area contributed by atoms with Gasteiger partial charge in [-0.1, -0.05) is 12.1 Å². The maximum absolute atomic E-state index is 10.7. The van der Waals surface area contributed by atoms with Crippen LogP contribution in [-0.2, 0) is 0 Å². The molecule has 0 atom stereocenters. The van der Waals surface area contributed by atoms with Gasteiger partial charge in [0.1, 0.15) is 0 Å². The number of aromatic nitrogens is 3. The fraction of sp³-hybridized carbons (Fsp3) is 0.111. The van der Waals surface area contributed by atoms with E-state index in [0.29, 0.717) is 17.0 Å². The number of rotatable bonds is 2. The fourth-order valence-corrected chi connectivity index (χ4v) is 1.47. The Hall–Kier alpha value is -2.44. The molecule has 0 bridgehead atoms. The normalized spacial score (nSPS) is 10.3. The molecule has 0 fully saturated rings. The molecule has 0 spiro atoms. The number of hydrogen-bond acceptors (Lipinski definition) is 5. The van der Waals surface area contributed by atoms with Gasteiger partial charge in [-0.15, -0.1) is 5.10 Å². The van der Waals surface area contributed by atoms with Crippen LogP contribution in [0.25, 0.3) is 11.4 Å². The third-order valence-electron chi connectivity index (χ3n) is 2.26. The van der Waals surface area contributed by atoms with Crippen molar-refractivity contribution in [1.29, 1.82) is 0 Å². The van der Waals surface area contributed by atoms with Gasteiger partial charge in [0.2, 0.25) is 5.95 Å². The lowest BCUT2D eigenvalue weighted by molar-refractivity contribution is -0.385. The van der Waals surface area contributed by atoms with E-state index in [2.05, 4.69) is 15.2 Å². The SMILES string of the molecule is Cc1c(-c2nc(N)n[nH]2)cccc1[N+](=O)[O-]. The van der Waals surface area contributed by atoms with Gasteiger partial charge in [-0.05, 0) is 6.92 Å². The van der Waals surface area contributed by atoms with E-state index in [1.165, 1.54) is 6.07 Å². The number of nitrogen functional groups attached to an aromatic ring is 1. The van der Waals surface area contributed by atoms with E-state index in [0.717, 1.165) is 0 Å². The third kappa shape index (κ3) is 1.58. The minimum Gasteiger partial charge on any atom is -0.366 e. The lowest BCUT2D eigenvalue weighted by Gasteiger charge is -2.02. The lowest BCUT2D eigenvalue weighted by Crippen LogP contribution is -1.94. The number of nitro groups is 1. The molecule has 0 unspecified atom stereocenters. The van der Waals surface area contributed by atoms with Crippen LogP contribution in [0.1, 0.15) is 5.56 Å². The second-order valence-electron chi connectivity index (χ2n) is 3.25. The van der Waals surface area contributed by atoms with Crippen LogP contribution in [0.5, 0.6) is 0 Å². The molecule has 2 aromatic rings. The molecule has 0 aliphatic carbocycles. The van der Waals surface area contributed by atoms with Crippen LogP contribution in [0.2, 0.25) is 0 Å². The van der Waals surface area contributed by atoms with Crippen molar-refractivity contribution in [1.82, 2.24) is 15.2 Å². The maximum atomic E-state index is 10.7. The standard InChI is InChI=1S/C9H9N5O2/c1-5-6(8-11-9(10)13-12-8)3-2-4-7(5)14(15)16/h2-4H,1H3,(H3,10,11,12,13). The number of hydrogen-bond donors (Lipinski definition) is 2. The molecule has 3 N–H and O–H groups in total. The molecule has 7 heteroatoms. The molecule has 16 heavy (non-hydrogen) atoms. The summed E-state index contributed by atoms with van der Waals surface area (Å²) in [7, 11) is 0. The van der Waals surface area contributed by atoms with E-state index in [9.17, 15) is 10.1 Å². The summed E-state index contributed by atoms with van der Waals surface area (Å²) in [6.45, 7) is 1.66. The fourth-order valence-electron chi connectivity index (χ4n) is 1.47. The zero-order chi connectivity index (χ0) is 11.7. The molecule has 0 aliphatic rings. The van der Waals surface area contributed by atoms with Crippen molar-refractivity contribution in [2.75, 3.05) is 5.73 Å². The number of nitro benzene ring substituents is 1. The molecule has 2 rings (SSSR count). The lowest BCUT2D eigenvalue weighted by atomic mass is 10.1. The van der Waals surface area contributed by atoms with Gasteiger partial charge in [-0.2, -0.15) is 4.98 Å². The number of nitrogens with one attached hydrogen (secondary N) is 1. The van der Waals surface area contributed by atoms with Crippen LogP contribution in [0.15, 0.2) is 18.2 Å². The molecule has 1 aromatic carbocycles. The average Bonchev–Trinajstić information content (AvgIpc) is 2.64. The Morgan fingerprint density at radius 3 is 2.81 bits per heavy atom. The van der Waals surface area contributed by atoms with Crippen LogP contribution in [0.4, 0.5) is 11.6 Å². The van der Waals surface area contributed by atoms with E-state index in [1.807, 2.05) is 0 Å². The summed E-state index contributed by atoms with van der Waals surface area (Å²) < 4.78 is 0. The predicted molar refractivity (Wildman–Crippen MR) is 57.6 cm³/mol. The first-order valence-corrected chi connectivity index (χ1v) is 4.52. The molecule has 1 heterocycles. The Balaban J connectivity index is 2.58. The molecule has 82 valence electrons. The van der Waals surface area contributed by atoms with Gasteiger partial charge >= 0.3 is 0 Å². The van der Waals surface area contributed by atoms with Gasteiger partial charge in [0.05, 0.1) is 4.92 Å². The monoisotopic (exact) mass is 219 g/mol. The molecule has 1 aromatic heterocycles. The second-order valence-corrected chi connectivity index (χ2v) is 3.25. The summed E-state index contributed by atoms with van der Waals surface area (Å²) in [5.41, 5.74) is 6.58. The van der Waals surface area contributed by atoms with Crippen LogP contribution in [-0.4, -0.2) is 20.1 Å². The van der Waals surface area contributed by atoms with Gasteiger partial charge in [0, 0.05) is 17.2 Å². The molecule has 0 aliphatic heterocycles. The van der Waals surface area contributed by atoms with E-state index in [-0.39, 0.29) is 11.6 Å². The topological polar surface area (TPSA) is 111 Å². The smallest absolute Gasteiger partial charge is 0.273 e. The summed E-state index contributed by atoms with van der Waals surface area (Å²) >= 11 is 0. The molecule has 0 saturated heterocycles. The first-order valence-electron chi connectivity index (χ1n) is 4.52. The predicted octanol–water partition coefficient (Wildman–Crippen LogP) is 1.27. The van der Waals surface area contributed by atoms with Crippen molar-refractivity contribution < 1.29 is 4.92 Å². The summed E-state index contributed by atoms with van der Waals surface area (Å²) in [6.07, 6.45) is 0. The van der Waals surface area contributed by atoms with Crippen LogP contribution in [0.3, 0.4) is 0 Å². The van der Waals surface area contributed by atoms with E-state index < -0.39 is 4.92 Å². The van der Waals surface area contributed by atoms with Gasteiger partial charge in [0.25, 0.3) is 5.69 Å². The van der Waals surface area contributed by atoms with Gasteiger partial charge < -0.3 is 5.73 Å². The van der Waals surface area contributed by atoms with Crippen LogP contribution < -0.4 is 5.73 Å². The minimum absolute atomic E-state index is 0.0486. The highest BCUT2D eigenvalue weighted by atomic mass is 16.6. The Morgan fingerprint density at radius 2 is 2.25 bits per heavy atom. The zero-order valence-electron chi connectivity index (χ0n) is 8.47. The number of aromatic amines is 1. The Bertz CT molecular complexity index is 549. The highest BCUT2D eigenvalue weighted by molar-refractivity contribution is 5.66. The van der Waals surface area contributed by atoms with E-state index in [1.54, 1.807) is 19.1 Å². The first kappa shape index (κ1) is 10.1. The number of benzene rings is 1. The van der Waals surface area contributed by atoms with Crippen molar-refractivity contribution in [2.45, 2.75) is 6.92 Å². The van der Waals surface area contributed by atoms with Crippen molar-refractivity contribution >= 4 is 11.6 Å². The number of nitrogens with two attached hydrogens (primary N) is 1. The summed E-state index contributed by atoms with van der Waals surface area (Å²) in [4.78, 5) is 14.2. The molecule has 0 saturated carbocycles. The first-order chi connectivity index (χ1) is 7.59. The third-order valence-corrected chi connectivity index (χ3v) is 2.26. The number of anilines is 1. The Kier molecular flexibility index (Phi) is 2.28. The highest BCUT2D eigenvalue weighted by Gasteiger charge is 2.16. The zero-order valence-corrected chi connectivity index (χ0v) is 8.47. The van der Waals surface area contributed by atoms with E-state index in [4.69, 9.17) is 5.73 Å². The summed E-state index contributed by atoms with van der Waals surface area (Å²) in [5, 5.41) is 17.0. The molecule has 7 nitrogen and oxygen atoms in total. The molecule has 0 amide bonds. The second kappa shape index (κ2) is 3.61. The Labute approximate surface area is 90.5 Å². The maximum Gasteiger partial charge on any atom is 0.273 e.